The maximum absolute atomic E-state index is 13.9. The molecule has 27 heavy (non-hydrogen) atoms. The highest BCUT2D eigenvalue weighted by atomic mass is 19.1. The molecule has 0 saturated carbocycles. The van der Waals surface area contributed by atoms with Gasteiger partial charge in [0.2, 0.25) is 0 Å². The highest BCUT2D eigenvalue weighted by Gasteiger charge is 2.22. The van der Waals surface area contributed by atoms with Gasteiger partial charge in [-0.3, -0.25) is 4.79 Å². The molecule has 0 spiro atoms. The Morgan fingerprint density at radius 2 is 1.81 bits per heavy atom. The predicted octanol–water partition coefficient (Wildman–Crippen LogP) is 3.30. The van der Waals surface area contributed by atoms with Gasteiger partial charge in [0.15, 0.2) is 23.0 Å². The first-order chi connectivity index (χ1) is 13.0. The molecule has 1 amide bonds. The third kappa shape index (κ3) is 3.92. The normalized spacial score (nSPS) is 10.5. The number of benzene rings is 2. The molecule has 0 aliphatic heterocycles. The second-order valence-electron chi connectivity index (χ2n) is 5.96. The first kappa shape index (κ1) is 18.4. The largest absolute Gasteiger partial charge is 0.494 e. The van der Waals surface area contributed by atoms with Crippen LogP contribution in [0.3, 0.4) is 0 Å². The Hall–Kier alpha value is -3.35. The lowest BCUT2D eigenvalue weighted by molar-refractivity contribution is 0.0775. The third-order valence-electron chi connectivity index (χ3n) is 4.11. The van der Waals surface area contributed by atoms with Gasteiger partial charge in [0.05, 0.1) is 26.1 Å². The van der Waals surface area contributed by atoms with E-state index in [1.807, 2.05) is 30.3 Å². The zero-order chi connectivity index (χ0) is 19.4. The van der Waals surface area contributed by atoms with Crippen LogP contribution in [0.25, 0.3) is 5.69 Å². The van der Waals surface area contributed by atoms with E-state index in [1.54, 1.807) is 24.0 Å². The van der Waals surface area contributed by atoms with E-state index in [1.165, 1.54) is 31.3 Å². The zero-order valence-electron chi connectivity index (χ0n) is 15.3. The molecule has 0 unspecified atom stereocenters. The number of methoxy groups -OCH3 is 2. The van der Waals surface area contributed by atoms with Gasteiger partial charge < -0.3 is 14.4 Å². The Balaban J connectivity index is 1.82. The number of ether oxygens (including phenoxy) is 2. The lowest BCUT2D eigenvalue weighted by atomic mass is 10.2. The standard InChI is InChI=1S/C20H20FN3O3/c1-23(12-14-9-10-17(26-2)16(21)11-14)20(25)19-18(27-3)13-24(22-19)15-7-5-4-6-8-15/h4-11,13H,12H2,1-3H3. The minimum absolute atomic E-state index is 0.163. The number of carbonyl (C=O) groups excluding carboxylic acids is 1. The summed E-state index contributed by atoms with van der Waals surface area (Å²) in [7, 11) is 4.52. The number of carbonyl (C=O) groups is 1. The summed E-state index contributed by atoms with van der Waals surface area (Å²) in [5.74, 6) is -0.257. The summed E-state index contributed by atoms with van der Waals surface area (Å²) in [6.45, 7) is 0.223. The van der Waals surface area contributed by atoms with Gasteiger partial charge in [0.1, 0.15) is 0 Å². The molecule has 6 nitrogen and oxygen atoms in total. The summed E-state index contributed by atoms with van der Waals surface area (Å²) in [5, 5.41) is 4.37. The van der Waals surface area contributed by atoms with Crippen LogP contribution in [0, 0.1) is 5.82 Å². The quantitative estimate of drug-likeness (QED) is 0.669. The number of nitrogens with zero attached hydrogens (tertiary/aromatic N) is 3. The molecule has 3 aromatic rings. The van der Waals surface area contributed by atoms with E-state index in [0.29, 0.717) is 11.3 Å². The first-order valence-corrected chi connectivity index (χ1v) is 8.30. The van der Waals surface area contributed by atoms with E-state index in [4.69, 9.17) is 9.47 Å². The van der Waals surface area contributed by atoms with Crippen molar-refractivity contribution in [1.29, 1.82) is 0 Å². The van der Waals surface area contributed by atoms with Crippen LogP contribution >= 0.6 is 0 Å². The summed E-state index contributed by atoms with van der Waals surface area (Å²) in [4.78, 5) is 14.3. The molecule has 140 valence electrons. The third-order valence-corrected chi connectivity index (χ3v) is 4.11. The minimum atomic E-state index is -0.471. The van der Waals surface area contributed by atoms with Crippen LogP contribution < -0.4 is 9.47 Å². The molecule has 0 bridgehead atoms. The van der Waals surface area contributed by atoms with Crippen LogP contribution in [-0.2, 0) is 6.54 Å². The Morgan fingerprint density at radius 1 is 1.11 bits per heavy atom. The van der Waals surface area contributed by atoms with Crippen molar-refractivity contribution in [1.82, 2.24) is 14.7 Å². The average molecular weight is 369 g/mol. The number of hydrogen-bond acceptors (Lipinski definition) is 4. The Kier molecular flexibility index (Phi) is 5.40. The molecule has 1 heterocycles. The summed E-state index contributed by atoms with van der Waals surface area (Å²) in [6, 6.07) is 14.0. The van der Waals surface area contributed by atoms with Gasteiger partial charge in [-0.15, -0.1) is 0 Å². The Bertz CT molecular complexity index is 941. The topological polar surface area (TPSA) is 56.6 Å². The van der Waals surface area contributed by atoms with Crippen LogP contribution in [-0.4, -0.2) is 41.9 Å². The number of halogens is 1. The second kappa shape index (κ2) is 7.90. The van der Waals surface area contributed by atoms with Gasteiger partial charge in [-0.2, -0.15) is 5.10 Å². The van der Waals surface area contributed by atoms with Crippen LogP contribution in [0.2, 0.25) is 0 Å². The second-order valence-corrected chi connectivity index (χ2v) is 5.96. The van der Waals surface area contributed by atoms with Crippen LogP contribution in [0.4, 0.5) is 4.39 Å². The van der Waals surface area contributed by atoms with Crippen LogP contribution in [0.1, 0.15) is 16.1 Å². The molecule has 0 radical (unpaired) electrons. The fourth-order valence-electron chi connectivity index (χ4n) is 2.70. The maximum Gasteiger partial charge on any atom is 0.278 e. The summed E-state index contributed by atoms with van der Waals surface area (Å²) in [5.41, 5.74) is 1.65. The molecular weight excluding hydrogens is 349 g/mol. The van der Waals surface area contributed by atoms with Gasteiger partial charge in [-0.1, -0.05) is 24.3 Å². The summed E-state index contributed by atoms with van der Waals surface area (Å²) >= 11 is 0. The highest BCUT2D eigenvalue weighted by Crippen LogP contribution is 2.22. The van der Waals surface area contributed by atoms with Crippen molar-refractivity contribution in [3.8, 4) is 17.2 Å². The Labute approximate surface area is 156 Å². The first-order valence-electron chi connectivity index (χ1n) is 8.30. The molecule has 0 saturated heterocycles. The SMILES string of the molecule is COc1ccc(CN(C)C(=O)c2nn(-c3ccccc3)cc2OC)cc1F. The van der Waals surface area contributed by atoms with Gasteiger partial charge >= 0.3 is 0 Å². The molecule has 3 rings (SSSR count). The highest BCUT2D eigenvalue weighted by molar-refractivity contribution is 5.94. The van der Waals surface area contributed by atoms with Crippen LogP contribution in [0.15, 0.2) is 54.7 Å². The van der Waals surface area contributed by atoms with Gasteiger partial charge in [0, 0.05) is 13.6 Å². The molecule has 0 fully saturated rings. The van der Waals surface area contributed by atoms with Gasteiger partial charge in [-0.05, 0) is 29.8 Å². The van der Waals surface area contributed by atoms with E-state index < -0.39 is 5.82 Å². The van der Waals surface area contributed by atoms with Crippen molar-refractivity contribution in [2.75, 3.05) is 21.3 Å². The molecule has 0 N–H and O–H groups in total. The van der Waals surface area contributed by atoms with Crippen molar-refractivity contribution in [2.45, 2.75) is 6.54 Å². The maximum atomic E-state index is 13.9. The summed E-state index contributed by atoms with van der Waals surface area (Å²) < 4.78 is 25.7. The lowest BCUT2D eigenvalue weighted by Crippen LogP contribution is -2.27. The molecule has 7 heteroatoms. The van der Waals surface area contributed by atoms with Crippen molar-refractivity contribution >= 4 is 5.91 Å². The molecule has 2 aromatic carbocycles. The lowest BCUT2D eigenvalue weighted by Gasteiger charge is -2.17. The number of amides is 1. The smallest absolute Gasteiger partial charge is 0.278 e. The van der Waals surface area contributed by atoms with Crippen molar-refractivity contribution < 1.29 is 18.7 Å². The molecular formula is C20H20FN3O3. The van der Waals surface area contributed by atoms with E-state index in [2.05, 4.69) is 5.10 Å². The molecule has 1 aromatic heterocycles. The van der Waals surface area contributed by atoms with Crippen molar-refractivity contribution in [3.05, 3.63) is 71.8 Å². The van der Waals surface area contributed by atoms with Crippen molar-refractivity contribution in [2.24, 2.45) is 0 Å². The minimum Gasteiger partial charge on any atom is -0.494 e. The van der Waals surface area contributed by atoms with E-state index in [9.17, 15) is 9.18 Å². The van der Waals surface area contributed by atoms with E-state index in [-0.39, 0.29) is 23.9 Å². The number of para-hydroxylation sites is 1. The molecule has 0 aliphatic rings. The number of rotatable bonds is 6. The number of aromatic nitrogens is 2. The fourth-order valence-corrected chi connectivity index (χ4v) is 2.70. The fraction of sp³-hybridized carbons (Fsp3) is 0.200. The summed E-state index contributed by atoms with van der Waals surface area (Å²) in [6.07, 6.45) is 1.66. The van der Waals surface area contributed by atoms with E-state index in [0.717, 1.165) is 5.69 Å². The van der Waals surface area contributed by atoms with Crippen molar-refractivity contribution in [3.63, 3.8) is 0 Å². The monoisotopic (exact) mass is 369 g/mol. The van der Waals surface area contributed by atoms with Crippen LogP contribution in [0.5, 0.6) is 11.5 Å². The number of hydrogen-bond donors (Lipinski definition) is 0. The van der Waals surface area contributed by atoms with Gasteiger partial charge in [0.25, 0.3) is 5.91 Å². The van der Waals surface area contributed by atoms with Gasteiger partial charge in [-0.25, -0.2) is 9.07 Å². The zero-order valence-corrected chi connectivity index (χ0v) is 15.3. The Morgan fingerprint density at radius 3 is 2.44 bits per heavy atom. The predicted molar refractivity (Wildman–Crippen MR) is 98.9 cm³/mol. The average Bonchev–Trinajstić information content (AvgIpc) is 3.12. The molecule has 0 aliphatic carbocycles. The molecule has 0 atom stereocenters. The van der Waals surface area contributed by atoms with E-state index >= 15 is 0 Å².